The third-order valence-corrected chi connectivity index (χ3v) is 4.98. The number of likely N-dealkylation sites (tertiary alicyclic amines) is 1. The van der Waals surface area contributed by atoms with Gasteiger partial charge in [0.25, 0.3) is 5.69 Å². The lowest BCUT2D eigenvalue weighted by Gasteiger charge is -2.21. The molecule has 0 amide bonds. The number of rotatable bonds is 6. The van der Waals surface area contributed by atoms with E-state index < -0.39 is 4.92 Å². The first-order chi connectivity index (χ1) is 11.6. The van der Waals surface area contributed by atoms with Crippen LogP contribution in [0.2, 0.25) is 0 Å². The van der Waals surface area contributed by atoms with E-state index in [4.69, 9.17) is 4.74 Å². The van der Waals surface area contributed by atoms with Crippen molar-refractivity contribution in [1.29, 1.82) is 0 Å². The number of Topliss-reactive ketones (excluding diaryl/α,β-unsaturated/α-hetero) is 1. The lowest BCUT2D eigenvalue weighted by molar-refractivity contribution is -0.385. The smallest absolute Gasteiger partial charge is 0.280 e. The molecule has 0 spiro atoms. The van der Waals surface area contributed by atoms with Crippen molar-refractivity contribution in [3.05, 3.63) is 39.4 Å². The van der Waals surface area contributed by atoms with Crippen LogP contribution in [-0.2, 0) is 11.3 Å². The van der Waals surface area contributed by atoms with Gasteiger partial charge in [0.05, 0.1) is 10.5 Å². The van der Waals surface area contributed by atoms with Gasteiger partial charge < -0.3 is 4.74 Å². The lowest BCUT2D eigenvalue weighted by Crippen LogP contribution is -2.20. The van der Waals surface area contributed by atoms with Gasteiger partial charge in [-0.15, -0.1) is 0 Å². The van der Waals surface area contributed by atoms with Gasteiger partial charge in [-0.2, -0.15) is 0 Å². The number of nitrogens with zero attached hydrogens (tertiary/aromatic N) is 2. The van der Waals surface area contributed by atoms with Gasteiger partial charge >= 0.3 is 0 Å². The maximum atomic E-state index is 12.7. The minimum absolute atomic E-state index is 0.0720. The second kappa shape index (κ2) is 7.85. The van der Waals surface area contributed by atoms with E-state index in [1.165, 1.54) is 18.9 Å². The topological polar surface area (TPSA) is 72.7 Å². The van der Waals surface area contributed by atoms with Gasteiger partial charge in [-0.25, -0.2) is 0 Å². The number of nitro benzene ring substituents is 1. The van der Waals surface area contributed by atoms with Gasteiger partial charge in [0, 0.05) is 32.2 Å². The molecule has 6 heteroatoms. The third-order valence-electron chi connectivity index (χ3n) is 4.98. The molecule has 0 aliphatic carbocycles. The summed E-state index contributed by atoms with van der Waals surface area (Å²) in [6.45, 7) is 4.23. The van der Waals surface area contributed by atoms with Gasteiger partial charge in [-0.1, -0.05) is 6.07 Å². The molecule has 2 fully saturated rings. The Kier molecular flexibility index (Phi) is 5.58. The Morgan fingerprint density at radius 2 is 1.96 bits per heavy atom. The van der Waals surface area contributed by atoms with Gasteiger partial charge in [-0.05, 0) is 56.3 Å². The van der Waals surface area contributed by atoms with Crippen molar-refractivity contribution in [2.75, 3.05) is 26.3 Å². The van der Waals surface area contributed by atoms with Crippen molar-refractivity contribution < 1.29 is 14.5 Å². The molecule has 130 valence electrons. The van der Waals surface area contributed by atoms with Crippen LogP contribution in [0, 0.1) is 16.0 Å². The van der Waals surface area contributed by atoms with Crippen LogP contribution in [0.25, 0.3) is 0 Å². The number of ketones is 1. The van der Waals surface area contributed by atoms with Crippen molar-refractivity contribution in [1.82, 2.24) is 4.90 Å². The van der Waals surface area contributed by atoms with E-state index in [2.05, 4.69) is 4.90 Å². The Morgan fingerprint density at radius 1 is 1.25 bits per heavy atom. The second-order valence-electron chi connectivity index (χ2n) is 6.77. The molecule has 2 aliphatic heterocycles. The standard InChI is InChI=1S/C18H24N2O4/c21-18(12-14-5-9-24-10-6-14)16-11-15(3-4-17(16)20(22)23)13-19-7-1-2-8-19/h3-4,11,14H,1-2,5-10,12-13H2. The fourth-order valence-electron chi connectivity index (χ4n) is 3.59. The Balaban J connectivity index is 1.76. The van der Waals surface area contributed by atoms with E-state index >= 15 is 0 Å². The van der Waals surface area contributed by atoms with Crippen molar-refractivity contribution in [2.24, 2.45) is 5.92 Å². The van der Waals surface area contributed by atoms with E-state index in [0.29, 0.717) is 19.6 Å². The van der Waals surface area contributed by atoms with Gasteiger partial charge in [-0.3, -0.25) is 19.8 Å². The summed E-state index contributed by atoms with van der Waals surface area (Å²) in [4.78, 5) is 25.8. The Hall–Kier alpha value is -1.79. The quantitative estimate of drug-likeness (QED) is 0.454. The predicted molar refractivity (Wildman–Crippen MR) is 90.1 cm³/mol. The van der Waals surface area contributed by atoms with Gasteiger partial charge in [0.1, 0.15) is 0 Å². The van der Waals surface area contributed by atoms with Crippen LogP contribution in [-0.4, -0.2) is 41.9 Å². The maximum absolute atomic E-state index is 12.7. The molecule has 1 aromatic rings. The van der Waals surface area contributed by atoms with Crippen LogP contribution in [0.3, 0.4) is 0 Å². The molecule has 0 N–H and O–H groups in total. The van der Waals surface area contributed by atoms with E-state index in [1.54, 1.807) is 12.1 Å². The molecule has 6 nitrogen and oxygen atoms in total. The van der Waals surface area contributed by atoms with Crippen LogP contribution in [0.4, 0.5) is 5.69 Å². The van der Waals surface area contributed by atoms with Crippen molar-refractivity contribution >= 4 is 11.5 Å². The average molecular weight is 332 g/mol. The largest absolute Gasteiger partial charge is 0.381 e. The summed E-state index contributed by atoms with van der Waals surface area (Å²) in [5.74, 6) is 0.157. The Labute approximate surface area is 141 Å². The first kappa shape index (κ1) is 17.0. The zero-order chi connectivity index (χ0) is 16.9. The van der Waals surface area contributed by atoms with Crippen LogP contribution >= 0.6 is 0 Å². The molecule has 2 heterocycles. The Morgan fingerprint density at radius 3 is 2.62 bits per heavy atom. The minimum atomic E-state index is -0.448. The van der Waals surface area contributed by atoms with E-state index in [9.17, 15) is 14.9 Å². The first-order valence-electron chi connectivity index (χ1n) is 8.74. The average Bonchev–Trinajstić information content (AvgIpc) is 3.08. The summed E-state index contributed by atoms with van der Waals surface area (Å²) < 4.78 is 5.32. The van der Waals surface area contributed by atoms with Crippen LogP contribution in [0.5, 0.6) is 0 Å². The molecule has 3 rings (SSSR count). The number of hydrogen-bond acceptors (Lipinski definition) is 5. The molecule has 0 bridgehead atoms. The molecule has 0 saturated carbocycles. The summed E-state index contributed by atoms with van der Waals surface area (Å²) in [6, 6.07) is 5.00. The van der Waals surface area contributed by atoms with Gasteiger partial charge in [0.15, 0.2) is 5.78 Å². The number of benzene rings is 1. The highest BCUT2D eigenvalue weighted by Crippen LogP contribution is 2.27. The highest BCUT2D eigenvalue weighted by atomic mass is 16.6. The minimum Gasteiger partial charge on any atom is -0.381 e. The molecule has 24 heavy (non-hydrogen) atoms. The third kappa shape index (κ3) is 4.19. The van der Waals surface area contributed by atoms with Crippen LogP contribution < -0.4 is 0 Å². The summed E-state index contributed by atoms with van der Waals surface area (Å²) in [7, 11) is 0. The number of carbonyl (C=O) groups excluding carboxylic acids is 1. The molecule has 0 radical (unpaired) electrons. The first-order valence-corrected chi connectivity index (χ1v) is 8.74. The predicted octanol–water partition coefficient (Wildman–Crippen LogP) is 3.19. The number of carbonyl (C=O) groups is 1. The van der Waals surface area contributed by atoms with E-state index in [1.807, 2.05) is 0 Å². The summed E-state index contributed by atoms with van der Waals surface area (Å²) in [6.07, 6.45) is 4.47. The number of ether oxygens (including phenoxy) is 1. The van der Waals surface area contributed by atoms with Crippen LogP contribution in [0.1, 0.15) is 48.0 Å². The second-order valence-corrected chi connectivity index (χ2v) is 6.77. The molecule has 0 atom stereocenters. The normalized spacial score (nSPS) is 19.5. The number of nitro groups is 1. The zero-order valence-electron chi connectivity index (χ0n) is 13.9. The molecule has 2 saturated heterocycles. The summed E-state index contributed by atoms with van der Waals surface area (Å²) >= 11 is 0. The lowest BCUT2D eigenvalue weighted by atomic mass is 9.91. The molecule has 2 aliphatic rings. The summed E-state index contributed by atoms with van der Waals surface area (Å²) in [5.41, 5.74) is 1.18. The van der Waals surface area contributed by atoms with E-state index in [0.717, 1.165) is 38.0 Å². The van der Waals surface area contributed by atoms with Crippen molar-refractivity contribution in [2.45, 2.75) is 38.6 Å². The zero-order valence-corrected chi connectivity index (χ0v) is 13.9. The fraction of sp³-hybridized carbons (Fsp3) is 0.611. The Bertz CT molecular complexity index is 605. The molecular weight excluding hydrogens is 308 g/mol. The highest BCUT2D eigenvalue weighted by molar-refractivity contribution is 6.00. The fourth-order valence-corrected chi connectivity index (χ4v) is 3.59. The maximum Gasteiger partial charge on any atom is 0.280 e. The molecule has 0 aromatic heterocycles. The van der Waals surface area contributed by atoms with Crippen molar-refractivity contribution in [3.8, 4) is 0 Å². The van der Waals surface area contributed by atoms with Crippen molar-refractivity contribution in [3.63, 3.8) is 0 Å². The van der Waals surface area contributed by atoms with Gasteiger partial charge in [0.2, 0.25) is 0 Å². The highest BCUT2D eigenvalue weighted by Gasteiger charge is 2.25. The summed E-state index contributed by atoms with van der Waals surface area (Å²) in [5, 5.41) is 11.3. The number of hydrogen-bond donors (Lipinski definition) is 0. The molecular formula is C18H24N2O4. The molecule has 1 aromatic carbocycles. The monoisotopic (exact) mass is 332 g/mol. The molecule has 0 unspecified atom stereocenters. The SMILES string of the molecule is O=C(CC1CCOCC1)c1cc(CN2CCCC2)ccc1[N+](=O)[O-]. The van der Waals surface area contributed by atoms with E-state index in [-0.39, 0.29) is 23.0 Å². The van der Waals surface area contributed by atoms with Crippen LogP contribution in [0.15, 0.2) is 18.2 Å².